The molecular formula is C19H25NO2. The van der Waals surface area contributed by atoms with E-state index in [1.165, 1.54) is 25.7 Å². The van der Waals surface area contributed by atoms with E-state index in [2.05, 4.69) is 12.2 Å². The van der Waals surface area contributed by atoms with Gasteiger partial charge in [-0.1, -0.05) is 63.3 Å². The number of benzene rings is 2. The normalized spacial score (nSPS) is 10.8. The van der Waals surface area contributed by atoms with Gasteiger partial charge in [-0.05, 0) is 29.3 Å². The molecule has 2 N–H and O–H groups in total. The highest BCUT2D eigenvalue weighted by atomic mass is 16.3. The molecule has 0 saturated heterocycles. The number of hydrogen-bond donors (Lipinski definition) is 2. The third-order valence-corrected chi connectivity index (χ3v) is 3.92. The predicted octanol–water partition coefficient (Wildman–Crippen LogP) is 4.64. The van der Waals surface area contributed by atoms with Crippen molar-refractivity contribution in [2.24, 2.45) is 0 Å². The van der Waals surface area contributed by atoms with Crippen molar-refractivity contribution in [3.63, 3.8) is 0 Å². The second-order valence-corrected chi connectivity index (χ2v) is 5.74. The van der Waals surface area contributed by atoms with Crippen molar-refractivity contribution in [1.82, 2.24) is 5.32 Å². The number of nitrogens with one attached hydrogen (secondary N) is 1. The zero-order valence-electron chi connectivity index (χ0n) is 13.3. The molecule has 0 bridgehead atoms. The van der Waals surface area contributed by atoms with Gasteiger partial charge in [-0.3, -0.25) is 4.79 Å². The summed E-state index contributed by atoms with van der Waals surface area (Å²) < 4.78 is 0. The van der Waals surface area contributed by atoms with Crippen LogP contribution in [0.1, 0.15) is 55.8 Å². The minimum atomic E-state index is -0.197. The third kappa shape index (κ3) is 4.48. The molecule has 2 aromatic carbocycles. The molecule has 3 heteroatoms. The number of fused-ring (bicyclic) bond motifs is 1. The van der Waals surface area contributed by atoms with Crippen molar-refractivity contribution in [2.45, 2.75) is 45.4 Å². The van der Waals surface area contributed by atoms with Crippen molar-refractivity contribution in [3.05, 3.63) is 42.0 Å². The largest absolute Gasteiger partial charge is 0.507 e. The van der Waals surface area contributed by atoms with E-state index in [4.69, 9.17) is 0 Å². The van der Waals surface area contributed by atoms with Gasteiger partial charge in [-0.15, -0.1) is 0 Å². The molecule has 0 radical (unpaired) electrons. The zero-order chi connectivity index (χ0) is 15.8. The Balaban J connectivity index is 1.86. The van der Waals surface area contributed by atoms with Gasteiger partial charge in [0.25, 0.3) is 5.91 Å². The van der Waals surface area contributed by atoms with Crippen molar-refractivity contribution in [3.8, 4) is 5.75 Å². The fourth-order valence-electron chi connectivity index (χ4n) is 2.61. The summed E-state index contributed by atoms with van der Waals surface area (Å²) in [6.45, 7) is 2.87. The highest BCUT2D eigenvalue weighted by molar-refractivity contribution is 6.01. The molecule has 2 aromatic rings. The SMILES string of the molecule is CCCCCCCCNC(=O)c1cc2ccccc2cc1O. The van der Waals surface area contributed by atoms with Crippen LogP contribution in [0.4, 0.5) is 0 Å². The summed E-state index contributed by atoms with van der Waals surface area (Å²) in [5.74, 6) is -0.157. The van der Waals surface area contributed by atoms with Crippen molar-refractivity contribution < 1.29 is 9.90 Å². The summed E-state index contributed by atoms with van der Waals surface area (Å²) in [5, 5.41) is 14.8. The van der Waals surface area contributed by atoms with Gasteiger partial charge < -0.3 is 10.4 Å². The van der Waals surface area contributed by atoms with E-state index >= 15 is 0 Å². The molecule has 0 aliphatic carbocycles. The van der Waals surface area contributed by atoms with Crippen molar-refractivity contribution in [2.75, 3.05) is 6.54 Å². The van der Waals surface area contributed by atoms with Gasteiger partial charge in [0.1, 0.15) is 5.75 Å². The summed E-state index contributed by atoms with van der Waals surface area (Å²) in [6.07, 6.45) is 7.17. The van der Waals surface area contributed by atoms with Crippen molar-refractivity contribution >= 4 is 16.7 Å². The first kappa shape index (κ1) is 16.3. The summed E-state index contributed by atoms with van der Waals surface area (Å²) >= 11 is 0. The molecule has 3 nitrogen and oxygen atoms in total. The quantitative estimate of drug-likeness (QED) is 0.698. The number of hydrogen-bond acceptors (Lipinski definition) is 2. The topological polar surface area (TPSA) is 49.3 Å². The lowest BCUT2D eigenvalue weighted by Gasteiger charge is -2.08. The molecule has 0 atom stereocenters. The van der Waals surface area contributed by atoms with Gasteiger partial charge in [-0.2, -0.15) is 0 Å². The molecule has 2 rings (SSSR count). The standard InChI is InChI=1S/C19H25NO2/c1-2-3-4-5-6-9-12-20-19(22)17-13-15-10-7-8-11-16(15)14-18(17)21/h7-8,10-11,13-14,21H,2-6,9,12H2,1H3,(H,20,22). The fourth-order valence-corrected chi connectivity index (χ4v) is 2.61. The summed E-state index contributed by atoms with van der Waals surface area (Å²) in [7, 11) is 0. The Morgan fingerprint density at radius 2 is 1.64 bits per heavy atom. The second kappa shape index (κ2) is 8.42. The number of carbonyl (C=O) groups is 1. The number of phenols is 1. The van der Waals surface area contributed by atoms with Crippen LogP contribution in [0.2, 0.25) is 0 Å². The maximum Gasteiger partial charge on any atom is 0.255 e. The minimum absolute atomic E-state index is 0.0409. The Kier molecular flexibility index (Phi) is 6.26. The lowest BCUT2D eigenvalue weighted by molar-refractivity contribution is 0.0950. The van der Waals surface area contributed by atoms with Gasteiger partial charge in [0.2, 0.25) is 0 Å². The lowest BCUT2D eigenvalue weighted by Crippen LogP contribution is -2.24. The monoisotopic (exact) mass is 299 g/mol. The fraction of sp³-hybridized carbons (Fsp3) is 0.421. The zero-order valence-corrected chi connectivity index (χ0v) is 13.3. The lowest BCUT2D eigenvalue weighted by atomic mass is 10.1. The molecule has 118 valence electrons. The maximum atomic E-state index is 12.2. The van der Waals surface area contributed by atoms with Crippen LogP contribution in [-0.4, -0.2) is 17.6 Å². The van der Waals surface area contributed by atoms with Crippen LogP contribution < -0.4 is 5.32 Å². The first-order chi connectivity index (χ1) is 10.7. The van der Waals surface area contributed by atoms with E-state index < -0.39 is 0 Å². The smallest absolute Gasteiger partial charge is 0.255 e. The van der Waals surface area contributed by atoms with E-state index in [9.17, 15) is 9.90 Å². The Bertz CT molecular complexity index is 622. The molecule has 0 spiro atoms. The highest BCUT2D eigenvalue weighted by Gasteiger charge is 2.11. The highest BCUT2D eigenvalue weighted by Crippen LogP contribution is 2.24. The van der Waals surface area contributed by atoms with E-state index in [-0.39, 0.29) is 11.7 Å². The number of phenolic OH excluding ortho intramolecular Hbond substituents is 1. The Labute approximate surface area is 132 Å². The molecule has 1 amide bonds. The number of carbonyl (C=O) groups excluding carboxylic acids is 1. The maximum absolute atomic E-state index is 12.2. The average molecular weight is 299 g/mol. The van der Waals surface area contributed by atoms with Crippen LogP contribution in [0.15, 0.2) is 36.4 Å². The van der Waals surface area contributed by atoms with Gasteiger partial charge in [0, 0.05) is 6.54 Å². The van der Waals surface area contributed by atoms with Crippen LogP contribution >= 0.6 is 0 Å². The Morgan fingerprint density at radius 1 is 1.00 bits per heavy atom. The number of unbranched alkanes of at least 4 members (excludes halogenated alkanes) is 5. The van der Waals surface area contributed by atoms with E-state index in [0.29, 0.717) is 12.1 Å². The average Bonchev–Trinajstić information content (AvgIpc) is 2.53. The summed E-state index contributed by atoms with van der Waals surface area (Å²) in [4.78, 5) is 12.2. The second-order valence-electron chi connectivity index (χ2n) is 5.74. The van der Waals surface area contributed by atoms with Crippen LogP contribution in [0.3, 0.4) is 0 Å². The van der Waals surface area contributed by atoms with Gasteiger partial charge in [-0.25, -0.2) is 0 Å². The predicted molar refractivity (Wildman–Crippen MR) is 91.3 cm³/mol. The first-order valence-corrected chi connectivity index (χ1v) is 8.22. The third-order valence-electron chi connectivity index (χ3n) is 3.92. The van der Waals surface area contributed by atoms with Gasteiger partial charge in [0.05, 0.1) is 5.56 Å². The summed E-state index contributed by atoms with van der Waals surface area (Å²) in [6, 6.07) is 11.1. The van der Waals surface area contributed by atoms with Gasteiger partial charge >= 0.3 is 0 Å². The van der Waals surface area contributed by atoms with Crippen molar-refractivity contribution in [1.29, 1.82) is 0 Å². The van der Waals surface area contributed by atoms with Gasteiger partial charge in [0.15, 0.2) is 0 Å². The van der Waals surface area contributed by atoms with Crippen LogP contribution in [-0.2, 0) is 0 Å². The molecule has 22 heavy (non-hydrogen) atoms. The summed E-state index contributed by atoms with van der Waals surface area (Å²) in [5.41, 5.74) is 0.352. The van der Waals surface area contributed by atoms with E-state index in [1.807, 2.05) is 24.3 Å². The Hall–Kier alpha value is -2.03. The number of aromatic hydroxyl groups is 1. The Morgan fingerprint density at radius 3 is 2.36 bits per heavy atom. The van der Waals surface area contributed by atoms with Crippen LogP contribution in [0.5, 0.6) is 5.75 Å². The molecule has 0 fully saturated rings. The number of amides is 1. The molecule has 0 aliphatic heterocycles. The molecule has 0 unspecified atom stereocenters. The van der Waals surface area contributed by atoms with E-state index in [0.717, 1.165) is 23.6 Å². The van der Waals surface area contributed by atoms with Crippen LogP contribution in [0.25, 0.3) is 10.8 Å². The molecule has 0 aromatic heterocycles. The number of rotatable bonds is 8. The van der Waals surface area contributed by atoms with Crippen LogP contribution in [0, 0.1) is 0 Å². The molecule has 0 heterocycles. The minimum Gasteiger partial charge on any atom is -0.507 e. The molecular weight excluding hydrogens is 274 g/mol. The molecule has 0 saturated carbocycles. The first-order valence-electron chi connectivity index (χ1n) is 8.22. The molecule has 0 aliphatic rings. The van der Waals surface area contributed by atoms with E-state index in [1.54, 1.807) is 12.1 Å².